The summed E-state index contributed by atoms with van der Waals surface area (Å²) in [7, 11) is 0. The maximum Gasteiger partial charge on any atom is 0.307 e. The van der Waals surface area contributed by atoms with Crippen molar-refractivity contribution in [1.29, 1.82) is 5.26 Å². The number of β-amino-alcohol motifs (C(OH)–C–C–N with tert-alkyl or cyclic N) is 1. The molecule has 2 fully saturated rings. The quantitative estimate of drug-likeness (QED) is 0.153. The van der Waals surface area contributed by atoms with Gasteiger partial charge in [0.25, 0.3) is 0 Å². The third kappa shape index (κ3) is 6.70. The van der Waals surface area contributed by atoms with E-state index in [1.165, 1.54) is 0 Å². The van der Waals surface area contributed by atoms with Crippen LogP contribution in [-0.4, -0.2) is 79.3 Å². The normalized spacial score (nSPS) is 21.6. The van der Waals surface area contributed by atoms with E-state index in [0.29, 0.717) is 55.2 Å². The molecule has 5 aromatic rings. The van der Waals surface area contributed by atoms with E-state index in [2.05, 4.69) is 72.3 Å². The second kappa shape index (κ2) is 13.9. The van der Waals surface area contributed by atoms with E-state index >= 15 is 0 Å². The number of carboxylic acid groups (broad SMARTS) is 1. The summed E-state index contributed by atoms with van der Waals surface area (Å²) in [4.78, 5) is 30.3. The Morgan fingerprint density at radius 1 is 1.06 bits per heavy atom. The first-order valence-electron chi connectivity index (χ1n) is 18.3. The molecule has 11 nitrogen and oxygen atoms in total. The number of likely N-dealkylation sites (tertiary alicyclic amines) is 2. The Kier molecular flexibility index (Phi) is 9.06. The number of carboxylic acids is 1. The maximum absolute atomic E-state index is 11.5. The average Bonchev–Trinajstić information content (AvgIpc) is 3.89. The molecule has 3 N–H and O–H groups in total. The highest BCUT2D eigenvalue weighted by molar-refractivity contribution is 5.89. The van der Waals surface area contributed by atoms with E-state index in [-0.39, 0.29) is 23.5 Å². The largest absolute Gasteiger partial charge is 0.481 e. The minimum atomic E-state index is -0.765. The summed E-state index contributed by atoms with van der Waals surface area (Å²) in [6, 6.07) is 16.3. The summed E-state index contributed by atoms with van der Waals surface area (Å²) >= 11 is 0. The van der Waals surface area contributed by atoms with Crippen molar-refractivity contribution in [2.45, 2.75) is 58.8 Å². The SMILES string of the molecule is Cc1c(C2=CC=CC(Nc3nccc4cc(CN5CC[C@@H](O)C5)cnc34)C2(C)C)cccc1-c1nc2cc(CN3CC[C@@H](C(=O)O)C3)cc(C#N)c2o1. The van der Waals surface area contributed by atoms with E-state index < -0.39 is 5.97 Å². The van der Waals surface area contributed by atoms with Gasteiger partial charge >= 0.3 is 5.97 Å². The van der Waals surface area contributed by atoms with E-state index in [1.54, 1.807) is 0 Å². The highest BCUT2D eigenvalue weighted by Crippen LogP contribution is 2.44. The topological polar surface area (TPSA) is 152 Å². The van der Waals surface area contributed by atoms with Crippen molar-refractivity contribution in [1.82, 2.24) is 24.8 Å². The van der Waals surface area contributed by atoms with Crippen LogP contribution < -0.4 is 5.32 Å². The summed E-state index contributed by atoms with van der Waals surface area (Å²) in [5.74, 6) is 0.0483. The number of hydrogen-bond acceptors (Lipinski definition) is 10. The van der Waals surface area contributed by atoms with Crippen molar-refractivity contribution in [3.63, 3.8) is 0 Å². The number of pyridine rings is 2. The van der Waals surface area contributed by atoms with E-state index in [0.717, 1.165) is 69.6 Å². The van der Waals surface area contributed by atoms with E-state index in [9.17, 15) is 20.3 Å². The van der Waals surface area contributed by atoms with E-state index in [1.807, 2.05) is 42.7 Å². The molecule has 0 bridgehead atoms. The molecule has 3 aliphatic rings. The lowest BCUT2D eigenvalue weighted by Crippen LogP contribution is -2.37. The molecule has 270 valence electrons. The van der Waals surface area contributed by atoms with Gasteiger partial charge < -0.3 is 19.9 Å². The number of nitriles is 1. The number of anilines is 1. The number of allylic oxidation sites excluding steroid dienone is 2. The Morgan fingerprint density at radius 2 is 1.85 bits per heavy atom. The van der Waals surface area contributed by atoms with Gasteiger partial charge in [0.05, 0.1) is 23.6 Å². The van der Waals surface area contributed by atoms with Crippen LogP contribution in [0.2, 0.25) is 0 Å². The minimum Gasteiger partial charge on any atom is -0.481 e. The Morgan fingerprint density at radius 3 is 2.62 bits per heavy atom. The molecule has 2 aromatic carbocycles. The van der Waals surface area contributed by atoms with Gasteiger partial charge in [0.2, 0.25) is 5.89 Å². The van der Waals surface area contributed by atoms with Gasteiger partial charge in [-0.3, -0.25) is 19.6 Å². The number of aliphatic hydroxyl groups is 1. The predicted molar refractivity (Wildman–Crippen MR) is 204 cm³/mol. The molecule has 8 rings (SSSR count). The fraction of sp³-hybridized carbons (Fsp3) is 0.357. The summed E-state index contributed by atoms with van der Waals surface area (Å²) in [5.41, 5.74) is 8.05. The van der Waals surface area contributed by atoms with Crippen molar-refractivity contribution in [2.24, 2.45) is 11.3 Å². The monoisotopic (exact) mass is 709 g/mol. The maximum atomic E-state index is 11.5. The summed E-state index contributed by atoms with van der Waals surface area (Å²) in [6.07, 6.45) is 11.3. The molecule has 2 saturated heterocycles. The molecular formula is C42H43N7O4. The number of fused-ring (bicyclic) bond motifs is 2. The Hall–Kier alpha value is -5.41. The zero-order valence-corrected chi connectivity index (χ0v) is 30.2. The van der Waals surface area contributed by atoms with Crippen LogP contribution in [0.5, 0.6) is 0 Å². The molecule has 0 saturated carbocycles. The first-order chi connectivity index (χ1) is 25.6. The highest BCUT2D eigenvalue weighted by Gasteiger charge is 2.36. The van der Waals surface area contributed by atoms with Gasteiger partial charge in [-0.15, -0.1) is 0 Å². The number of oxazole rings is 1. The second-order valence-corrected chi connectivity index (χ2v) is 15.2. The molecule has 0 amide bonds. The number of rotatable bonds is 9. The predicted octanol–water partition coefficient (Wildman–Crippen LogP) is 6.55. The molecular weight excluding hydrogens is 667 g/mol. The van der Waals surface area contributed by atoms with Gasteiger partial charge in [0.1, 0.15) is 17.1 Å². The highest BCUT2D eigenvalue weighted by atomic mass is 16.4. The smallest absolute Gasteiger partial charge is 0.307 e. The standard InChI is InChI=1S/C42H43N7O4/c1-25-32(6-4-7-33(25)40-46-35-18-26(16-30(19-43)38(35)53-40)21-48-14-11-29(23-48)41(51)52)34-8-5-9-36(42(34,2)3)47-39-37-28(10-13-44-39)17-27(20-45-37)22-49-15-12-31(50)24-49/h4-10,13,16-18,20,29,31,36,50H,11-12,14-15,21-24H2,1-3H3,(H,44,47)(H,51,52)/t29-,31-,36?/m1/s1. The molecule has 53 heavy (non-hydrogen) atoms. The van der Waals surface area contributed by atoms with Crippen LogP contribution in [0.3, 0.4) is 0 Å². The molecule has 0 spiro atoms. The molecule has 1 aliphatic carbocycles. The number of aliphatic carboxylic acids is 1. The van der Waals surface area contributed by atoms with Crippen LogP contribution >= 0.6 is 0 Å². The molecule has 2 aliphatic heterocycles. The van der Waals surface area contributed by atoms with Gasteiger partial charge in [-0.2, -0.15) is 5.26 Å². The van der Waals surface area contributed by atoms with Crippen LogP contribution in [0.1, 0.15) is 54.5 Å². The van der Waals surface area contributed by atoms with Crippen molar-refractivity contribution < 1.29 is 19.4 Å². The fourth-order valence-electron chi connectivity index (χ4n) is 8.19. The minimum absolute atomic E-state index is 0.0847. The first kappa shape index (κ1) is 34.7. The fourth-order valence-corrected chi connectivity index (χ4v) is 8.19. The lowest BCUT2D eigenvalue weighted by molar-refractivity contribution is -0.141. The molecule has 3 aromatic heterocycles. The molecule has 11 heteroatoms. The molecule has 1 unspecified atom stereocenters. The Balaban J connectivity index is 1.04. The molecule has 5 heterocycles. The number of aromatic nitrogens is 3. The third-order valence-electron chi connectivity index (χ3n) is 11.2. The molecule has 0 radical (unpaired) electrons. The van der Waals surface area contributed by atoms with Crippen LogP contribution in [0.4, 0.5) is 5.82 Å². The average molecular weight is 710 g/mol. The number of hydrogen-bond donors (Lipinski definition) is 3. The molecule has 3 atom stereocenters. The van der Waals surface area contributed by atoms with Gasteiger partial charge in [-0.05, 0) is 84.5 Å². The van der Waals surface area contributed by atoms with Gasteiger partial charge in [-0.25, -0.2) is 9.97 Å². The van der Waals surface area contributed by atoms with Crippen LogP contribution in [0.25, 0.3) is 39.0 Å². The lowest BCUT2D eigenvalue weighted by Gasteiger charge is -2.38. The zero-order chi connectivity index (χ0) is 36.9. The summed E-state index contributed by atoms with van der Waals surface area (Å²) in [6.45, 7) is 10.6. The van der Waals surface area contributed by atoms with Crippen LogP contribution in [0.15, 0.2) is 77.5 Å². The number of aliphatic hydroxyl groups excluding tert-OH is 1. The number of carbonyl (C=O) groups is 1. The second-order valence-electron chi connectivity index (χ2n) is 15.2. The summed E-state index contributed by atoms with van der Waals surface area (Å²) in [5, 5.41) is 34.1. The van der Waals surface area contributed by atoms with Gasteiger partial charge in [-0.1, -0.05) is 44.2 Å². The van der Waals surface area contributed by atoms with E-state index in [4.69, 9.17) is 19.4 Å². The Labute approximate surface area is 308 Å². The lowest BCUT2D eigenvalue weighted by atomic mass is 9.71. The summed E-state index contributed by atoms with van der Waals surface area (Å²) < 4.78 is 6.32. The third-order valence-corrected chi connectivity index (χ3v) is 11.2. The zero-order valence-electron chi connectivity index (χ0n) is 30.2. The van der Waals surface area contributed by atoms with Crippen molar-refractivity contribution in [3.05, 3.63) is 101 Å². The van der Waals surface area contributed by atoms with Gasteiger partial charge in [0, 0.05) is 61.5 Å². The van der Waals surface area contributed by atoms with Crippen molar-refractivity contribution in [2.75, 3.05) is 31.5 Å². The van der Waals surface area contributed by atoms with Crippen LogP contribution in [-0.2, 0) is 17.9 Å². The van der Waals surface area contributed by atoms with Gasteiger partial charge in [0.15, 0.2) is 11.4 Å². The first-order valence-corrected chi connectivity index (χ1v) is 18.3. The Bertz CT molecular complexity index is 2340. The number of benzene rings is 2. The number of nitrogens with one attached hydrogen (secondary N) is 1. The number of nitrogens with zero attached hydrogens (tertiary/aromatic N) is 6. The van der Waals surface area contributed by atoms with Crippen molar-refractivity contribution in [3.8, 4) is 17.5 Å². The van der Waals surface area contributed by atoms with Crippen molar-refractivity contribution >= 4 is 39.4 Å². The van der Waals surface area contributed by atoms with Crippen LogP contribution in [0, 0.1) is 29.6 Å².